The maximum atomic E-state index is 14.0. The number of nitrogens with one attached hydrogen (secondary N) is 2. The van der Waals surface area contributed by atoms with Crippen molar-refractivity contribution in [2.75, 3.05) is 18.5 Å². The van der Waals surface area contributed by atoms with Crippen molar-refractivity contribution in [1.82, 2.24) is 5.32 Å². The van der Waals surface area contributed by atoms with Crippen LogP contribution in [-0.2, 0) is 24.3 Å². The average molecular weight is 368 g/mol. The summed E-state index contributed by atoms with van der Waals surface area (Å²) in [5.41, 5.74) is 4.46. The molecule has 1 fully saturated rings. The third-order valence-corrected chi connectivity index (χ3v) is 5.25. The first-order valence-corrected chi connectivity index (χ1v) is 9.70. The molecule has 1 aliphatic heterocycles. The van der Waals surface area contributed by atoms with E-state index in [0.717, 1.165) is 30.6 Å². The fraction of sp³-hybridized carbons (Fsp3) is 0.409. The van der Waals surface area contributed by atoms with Gasteiger partial charge in [0.2, 0.25) is 0 Å². The molecule has 0 atom stereocenters. The Morgan fingerprint density at radius 1 is 1.22 bits per heavy atom. The maximum absolute atomic E-state index is 14.0. The van der Waals surface area contributed by atoms with Crippen LogP contribution in [-0.4, -0.2) is 19.1 Å². The minimum atomic E-state index is -0.328. The molecule has 1 aliphatic carbocycles. The van der Waals surface area contributed by atoms with Crippen LogP contribution in [0.5, 0.6) is 0 Å². The fourth-order valence-corrected chi connectivity index (χ4v) is 3.47. The molecule has 4 nitrogen and oxygen atoms in total. The zero-order chi connectivity index (χ0) is 18.6. The lowest BCUT2D eigenvalue weighted by atomic mass is 9.97. The molecular weight excluding hydrogens is 343 g/mol. The molecule has 27 heavy (non-hydrogen) atoms. The monoisotopic (exact) mass is 368 g/mol. The second-order valence-corrected chi connectivity index (χ2v) is 7.42. The summed E-state index contributed by atoms with van der Waals surface area (Å²) < 4.78 is 19.6. The minimum Gasteiger partial charge on any atom is -0.385 e. The summed E-state index contributed by atoms with van der Waals surface area (Å²) in [7, 11) is 0. The van der Waals surface area contributed by atoms with E-state index in [9.17, 15) is 9.18 Å². The number of carbonyl (C=O) groups is 1. The van der Waals surface area contributed by atoms with Crippen LogP contribution in [0.15, 0.2) is 36.4 Å². The lowest BCUT2D eigenvalue weighted by Gasteiger charge is -2.21. The molecule has 0 saturated heterocycles. The average Bonchev–Trinajstić information content (AvgIpc) is 3.52. The highest BCUT2D eigenvalue weighted by Gasteiger charge is 2.21. The van der Waals surface area contributed by atoms with E-state index in [1.165, 1.54) is 30.5 Å². The zero-order valence-corrected chi connectivity index (χ0v) is 15.4. The Morgan fingerprint density at radius 3 is 2.96 bits per heavy atom. The van der Waals surface area contributed by atoms with E-state index in [1.807, 2.05) is 12.1 Å². The molecule has 2 N–H and O–H groups in total. The van der Waals surface area contributed by atoms with Crippen molar-refractivity contribution in [3.8, 4) is 0 Å². The molecule has 0 spiro atoms. The van der Waals surface area contributed by atoms with Crippen LogP contribution in [0.4, 0.5) is 10.1 Å². The normalized spacial score (nSPS) is 15.7. The van der Waals surface area contributed by atoms with Gasteiger partial charge in [0.1, 0.15) is 5.82 Å². The second-order valence-electron chi connectivity index (χ2n) is 7.42. The van der Waals surface area contributed by atoms with Gasteiger partial charge in [-0.05, 0) is 67.0 Å². The number of ether oxygens (including phenoxy) is 1. The van der Waals surface area contributed by atoms with Gasteiger partial charge in [-0.1, -0.05) is 12.1 Å². The number of hydrogen-bond acceptors (Lipinski definition) is 3. The SMILES string of the molecule is O=C(NCc1cccc2c1CCCN2)c1ccc(F)c(COCC2CC2)c1. The zero-order valence-electron chi connectivity index (χ0n) is 15.4. The highest BCUT2D eigenvalue weighted by molar-refractivity contribution is 5.94. The molecule has 1 saturated carbocycles. The summed E-state index contributed by atoms with van der Waals surface area (Å²) in [6.07, 6.45) is 4.51. The summed E-state index contributed by atoms with van der Waals surface area (Å²) in [5, 5.41) is 6.37. The van der Waals surface area contributed by atoms with Crippen LogP contribution in [0.2, 0.25) is 0 Å². The van der Waals surface area contributed by atoms with Gasteiger partial charge < -0.3 is 15.4 Å². The molecule has 0 bridgehead atoms. The Balaban J connectivity index is 1.39. The number of amides is 1. The van der Waals surface area contributed by atoms with Gasteiger partial charge in [0.15, 0.2) is 0 Å². The largest absolute Gasteiger partial charge is 0.385 e. The van der Waals surface area contributed by atoms with Gasteiger partial charge in [0.25, 0.3) is 5.91 Å². The molecule has 2 aliphatic rings. The summed E-state index contributed by atoms with van der Waals surface area (Å²) in [6.45, 7) is 2.34. The second kappa shape index (κ2) is 8.09. The molecule has 2 aromatic rings. The first-order valence-electron chi connectivity index (χ1n) is 9.70. The first kappa shape index (κ1) is 18.0. The predicted molar refractivity (Wildman–Crippen MR) is 103 cm³/mol. The standard InChI is InChI=1S/C22H25FN2O2/c23-20-9-8-16(11-18(20)14-27-13-15-6-7-15)22(26)25-12-17-3-1-5-21-19(17)4-2-10-24-21/h1,3,5,8-9,11,15,24H,2,4,6-7,10,12-14H2,(H,25,26). The van der Waals surface area contributed by atoms with E-state index in [1.54, 1.807) is 6.07 Å². The van der Waals surface area contributed by atoms with Crippen LogP contribution in [0.25, 0.3) is 0 Å². The van der Waals surface area contributed by atoms with Gasteiger partial charge in [-0.15, -0.1) is 0 Å². The van der Waals surface area contributed by atoms with Gasteiger partial charge in [0, 0.05) is 36.5 Å². The molecule has 142 valence electrons. The molecule has 1 heterocycles. The first-order chi connectivity index (χ1) is 13.2. The van der Waals surface area contributed by atoms with E-state index in [2.05, 4.69) is 16.7 Å². The van der Waals surface area contributed by atoms with E-state index >= 15 is 0 Å². The Hall–Kier alpha value is -2.40. The fourth-order valence-electron chi connectivity index (χ4n) is 3.47. The van der Waals surface area contributed by atoms with E-state index < -0.39 is 0 Å². The van der Waals surface area contributed by atoms with Gasteiger partial charge in [-0.25, -0.2) is 4.39 Å². The quantitative estimate of drug-likeness (QED) is 0.775. The van der Waals surface area contributed by atoms with Crippen LogP contribution in [0.3, 0.4) is 0 Å². The van der Waals surface area contributed by atoms with Crippen molar-refractivity contribution in [3.63, 3.8) is 0 Å². The molecular formula is C22H25FN2O2. The lowest BCUT2D eigenvalue weighted by Crippen LogP contribution is -2.24. The number of fused-ring (bicyclic) bond motifs is 1. The summed E-state index contributed by atoms with van der Waals surface area (Å²) in [5.74, 6) is 0.108. The Kier molecular flexibility index (Phi) is 5.39. The molecule has 0 radical (unpaired) electrons. The molecule has 1 amide bonds. The number of halogens is 1. The third kappa shape index (κ3) is 4.48. The van der Waals surface area contributed by atoms with Crippen molar-refractivity contribution in [1.29, 1.82) is 0 Å². The molecule has 2 aromatic carbocycles. The number of benzene rings is 2. The molecule has 4 rings (SSSR count). The van der Waals surface area contributed by atoms with E-state index in [4.69, 9.17) is 4.74 Å². The van der Waals surface area contributed by atoms with Crippen LogP contribution in [0, 0.1) is 11.7 Å². The topological polar surface area (TPSA) is 50.4 Å². The van der Waals surface area contributed by atoms with Crippen LogP contribution >= 0.6 is 0 Å². The molecule has 0 aromatic heterocycles. The summed E-state index contributed by atoms with van der Waals surface area (Å²) >= 11 is 0. The van der Waals surface area contributed by atoms with E-state index in [-0.39, 0.29) is 18.3 Å². The number of carbonyl (C=O) groups excluding carboxylic acids is 1. The summed E-state index contributed by atoms with van der Waals surface area (Å²) in [6, 6.07) is 10.6. The van der Waals surface area contributed by atoms with Crippen molar-refractivity contribution in [3.05, 3.63) is 64.5 Å². The number of hydrogen-bond donors (Lipinski definition) is 2. The van der Waals surface area contributed by atoms with Gasteiger partial charge in [0.05, 0.1) is 6.61 Å². The smallest absolute Gasteiger partial charge is 0.251 e. The third-order valence-electron chi connectivity index (χ3n) is 5.25. The van der Waals surface area contributed by atoms with Crippen molar-refractivity contribution in [2.45, 2.75) is 38.8 Å². The van der Waals surface area contributed by atoms with Gasteiger partial charge in [-0.3, -0.25) is 4.79 Å². The predicted octanol–water partition coefficient (Wildman–Crippen LogP) is 4.04. The summed E-state index contributed by atoms with van der Waals surface area (Å²) in [4.78, 5) is 12.6. The van der Waals surface area contributed by atoms with Crippen molar-refractivity contribution < 1.29 is 13.9 Å². The lowest BCUT2D eigenvalue weighted by molar-refractivity contribution is 0.0949. The Labute approximate surface area is 159 Å². The minimum absolute atomic E-state index is 0.195. The highest BCUT2D eigenvalue weighted by Crippen LogP contribution is 2.29. The van der Waals surface area contributed by atoms with Gasteiger partial charge in [-0.2, -0.15) is 0 Å². The van der Waals surface area contributed by atoms with Gasteiger partial charge >= 0.3 is 0 Å². The number of anilines is 1. The maximum Gasteiger partial charge on any atom is 0.251 e. The van der Waals surface area contributed by atoms with Crippen molar-refractivity contribution in [2.24, 2.45) is 5.92 Å². The molecule has 0 unspecified atom stereocenters. The van der Waals surface area contributed by atoms with Crippen molar-refractivity contribution >= 4 is 11.6 Å². The van der Waals surface area contributed by atoms with Crippen LogP contribution in [0.1, 0.15) is 46.3 Å². The highest BCUT2D eigenvalue weighted by atomic mass is 19.1. The Bertz CT molecular complexity index is 833. The van der Waals surface area contributed by atoms with E-state index in [0.29, 0.717) is 30.2 Å². The number of rotatable bonds is 7. The van der Waals surface area contributed by atoms with Crippen LogP contribution < -0.4 is 10.6 Å². The Morgan fingerprint density at radius 2 is 2.11 bits per heavy atom. The molecule has 5 heteroatoms.